The first-order chi connectivity index (χ1) is 18.0. The standard InChI is InChI=1S/C16H36N.C9H9ClN4O5S2/c1-5-9-13-17(14-10-6-2,15-11-7-3)16-12-8-4;10-1-4(6-3-20-9(11)13-6)7(15)12-5-2-14(8(5)16)21(17,18)19/h5-16H2,1-4H3;1,3,5H,2H2,(H2,11,13)(H,12,15)(H,17,18,19)/q+1;/t;5-/m.0/s1. The quantitative estimate of drug-likeness (QED) is 0.111. The van der Waals surface area contributed by atoms with Crippen LogP contribution in [0, 0.1) is 0 Å². The second-order valence-electron chi connectivity index (χ2n) is 9.62. The van der Waals surface area contributed by atoms with Gasteiger partial charge in [0.25, 0.3) is 11.8 Å². The number of halogens is 1. The summed E-state index contributed by atoms with van der Waals surface area (Å²) in [5, 5.41) is 4.04. The Balaban J connectivity index is 0.000000391. The van der Waals surface area contributed by atoms with Crippen molar-refractivity contribution in [3.63, 3.8) is 0 Å². The van der Waals surface area contributed by atoms with Gasteiger partial charge in [-0.15, -0.1) is 11.3 Å². The summed E-state index contributed by atoms with van der Waals surface area (Å²) in [6.07, 6.45) is 11.1. The van der Waals surface area contributed by atoms with E-state index in [0.717, 1.165) is 16.9 Å². The number of hydrogen-bond acceptors (Lipinski definition) is 7. The minimum atomic E-state index is -4.59. The van der Waals surface area contributed by atoms with E-state index in [1.165, 1.54) is 87.4 Å². The number of carbonyl (C=O) groups excluding carboxylic acids is 2. The largest absolute Gasteiger partial charge is 0.375 e. The molecule has 1 aliphatic heterocycles. The van der Waals surface area contributed by atoms with E-state index in [-0.39, 0.29) is 27.2 Å². The van der Waals surface area contributed by atoms with Crippen molar-refractivity contribution in [1.82, 2.24) is 14.6 Å². The first kappa shape index (κ1) is 34.3. The fraction of sp³-hybridized carbons (Fsp3) is 0.720. The SMILES string of the molecule is CCCC[N+](CCCC)(CCCC)CCCC.Nc1nc(C(=CCl)C(=O)N[C@H]2CN(S(=O)(=O)O)C2=O)cs1. The van der Waals surface area contributed by atoms with Crippen LogP contribution in [0.25, 0.3) is 5.57 Å². The van der Waals surface area contributed by atoms with E-state index in [9.17, 15) is 18.0 Å². The average Bonchev–Trinajstić information content (AvgIpc) is 3.30. The maximum absolute atomic E-state index is 12.0. The van der Waals surface area contributed by atoms with Gasteiger partial charge in [-0.2, -0.15) is 8.42 Å². The molecule has 0 unspecified atom stereocenters. The molecule has 38 heavy (non-hydrogen) atoms. The highest BCUT2D eigenvalue weighted by atomic mass is 35.5. The van der Waals surface area contributed by atoms with Gasteiger partial charge in [-0.1, -0.05) is 65.0 Å². The molecular formula is C25H45ClN5O5S2+. The summed E-state index contributed by atoms with van der Waals surface area (Å²) in [5.74, 6) is -1.64. The highest BCUT2D eigenvalue weighted by Crippen LogP contribution is 2.22. The predicted molar refractivity (Wildman–Crippen MR) is 155 cm³/mol. The van der Waals surface area contributed by atoms with Gasteiger partial charge in [0.1, 0.15) is 6.04 Å². The van der Waals surface area contributed by atoms with Crippen LogP contribution in [-0.4, -0.2) is 77.3 Å². The second kappa shape index (κ2) is 17.1. The second-order valence-corrected chi connectivity index (χ2v) is 12.1. The molecular weight excluding hydrogens is 550 g/mol. The predicted octanol–water partition coefficient (Wildman–Crippen LogP) is 4.44. The molecule has 0 aromatic carbocycles. The fourth-order valence-electron chi connectivity index (χ4n) is 4.22. The number of carbonyl (C=O) groups is 2. The molecule has 2 amide bonds. The highest BCUT2D eigenvalue weighted by molar-refractivity contribution is 7.84. The smallest absolute Gasteiger partial charge is 0.362 e. The molecule has 2 heterocycles. The van der Waals surface area contributed by atoms with Crippen LogP contribution in [-0.2, 0) is 19.9 Å². The molecule has 1 aromatic heterocycles. The number of amides is 2. The number of nitrogens with two attached hydrogens (primary N) is 1. The molecule has 1 aliphatic rings. The van der Waals surface area contributed by atoms with Gasteiger partial charge in [0, 0.05) is 10.9 Å². The van der Waals surface area contributed by atoms with Crippen molar-refractivity contribution in [3.8, 4) is 0 Å². The lowest BCUT2D eigenvalue weighted by Crippen LogP contribution is -2.65. The van der Waals surface area contributed by atoms with Crippen molar-refractivity contribution in [3.05, 3.63) is 16.6 Å². The molecule has 13 heteroatoms. The number of nitrogens with one attached hydrogen (secondary N) is 1. The molecule has 1 fully saturated rings. The van der Waals surface area contributed by atoms with Crippen LogP contribution >= 0.6 is 22.9 Å². The third-order valence-electron chi connectivity index (χ3n) is 6.57. The Bertz CT molecular complexity index is 978. The van der Waals surface area contributed by atoms with Gasteiger partial charge in [0.05, 0.1) is 44.0 Å². The van der Waals surface area contributed by atoms with Gasteiger partial charge in [-0.25, -0.2) is 9.29 Å². The maximum atomic E-state index is 12.0. The molecule has 2 rings (SSSR count). The number of nitrogens with zero attached hydrogens (tertiary/aromatic N) is 3. The number of nitrogen functional groups attached to an aromatic ring is 1. The average molecular weight is 595 g/mol. The minimum Gasteiger partial charge on any atom is -0.375 e. The van der Waals surface area contributed by atoms with Crippen LogP contribution in [0.2, 0.25) is 0 Å². The first-order valence-corrected chi connectivity index (χ1v) is 16.2. The summed E-state index contributed by atoms with van der Waals surface area (Å²) in [7, 11) is -4.59. The van der Waals surface area contributed by atoms with Crippen molar-refractivity contribution in [1.29, 1.82) is 0 Å². The maximum Gasteiger partial charge on any atom is 0.362 e. The summed E-state index contributed by atoms with van der Waals surface area (Å²) < 4.78 is 31.9. The van der Waals surface area contributed by atoms with Crippen LogP contribution in [0.3, 0.4) is 0 Å². The van der Waals surface area contributed by atoms with Crippen LogP contribution < -0.4 is 11.1 Å². The van der Waals surface area contributed by atoms with Gasteiger partial charge in [0.2, 0.25) is 0 Å². The molecule has 1 saturated heterocycles. The van der Waals surface area contributed by atoms with E-state index in [4.69, 9.17) is 21.9 Å². The molecule has 1 atom stereocenters. The Morgan fingerprint density at radius 1 is 1.13 bits per heavy atom. The number of hydrogen-bond donors (Lipinski definition) is 3. The normalized spacial score (nSPS) is 16.1. The van der Waals surface area contributed by atoms with Gasteiger partial charge < -0.3 is 15.5 Å². The van der Waals surface area contributed by atoms with E-state index < -0.39 is 28.2 Å². The van der Waals surface area contributed by atoms with Gasteiger partial charge in [0.15, 0.2) is 5.13 Å². The monoisotopic (exact) mass is 594 g/mol. The van der Waals surface area contributed by atoms with Gasteiger partial charge in [-0.3, -0.25) is 14.1 Å². The summed E-state index contributed by atoms with van der Waals surface area (Å²) in [6, 6.07) is -1.05. The Hall–Kier alpha value is -1.73. The number of thiazole rings is 1. The first-order valence-electron chi connectivity index (χ1n) is 13.4. The molecule has 0 saturated carbocycles. The molecule has 218 valence electrons. The topological polar surface area (TPSA) is 143 Å². The number of quaternary nitrogens is 1. The van der Waals surface area contributed by atoms with Crippen LogP contribution in [0.15, 0.2) is 10.9 Å². The number of rotatable bonds is 16. The van der Waals surface area contributed by atoms with E-state index in [1.807, 2.05) is 0 Å². The summed E-state index contributed by atoms with van der Waals surface area (Å²) >= 11 is 6.67. The Kier molecular flexibility index (Phi) is 15.4. The Labute approximate surface area is 237 Å². The lowest BCUT2D eigenvalue weighted by Gasteiger charge is -2.39. The van der Waals surface area contributed by atoms with Crippen molar-refractivity contribution in [2.75, 3.05) is 38.5 Å². The van der Waals surface area contributed by atoms with Crippen molar-refractivity contribution in [2.45, 2.75) is 85.1 Å². The number of unbranched alkanes of at least 4 members (excludes halogenated alkanes) is 4. The van der Waals surface area contributed by atoms with Crippen molar-refractivity contribution < 1.29 is 27.0 Å². The third kappa shape index (κ3) is 10.8. The Morgan fingerprint density at radius 3 is 1.92 bits per heavy atom. The van der Waals surface area contributed by atoms with Crippen LogP contribution in [0.4, 0.5) is 5.13 Å². The number of aromatic nitrogens is 1. The number of anilines is 1. The molecule has 10 nitrogen and oxygen atoms in total. The van der Waals surface area contributed by atoms with E-state index >= 15 is 0 Å². The van der Waals surface area contributed by atoms with Crippen molar-refractivity contribution >= 4 is 55.8 Å². The van der Waals surface area contributed by atoms with Crippen LogP contribution in [0.5, 0.6) is 0 Å². The lowest BCUT2D eigenvalue weighted by molar-refractivity contribution is -0.929. The molecule has 4 N–H and O–H groups in total. The minimum absolute atomic E-state index is 0.0114. The third-order valence-corrected chi connectivity index (χ3v) is 8.35. The Morgan fingerprint density at radius 2 is 1.61 bits per heavy atom. The summed E-state index contributed by atoms with van der Waals surface area (Å²) in [6.45, 7) is 14.7. The highest BCUT2D eigenvalue weighted by Gasteiger charge is 2.44. The molecule has 0 radical (unpaired) electrons. The molecule has 0 bridgehead atoms. The van der Waals surface area contributed by atoms with E-state index in [2.05, 4.69) is 38.0 Å². The lowest BCUT2D eigenvalue weighted by atomic mass is 10.1. The summed E-state index contributed by atoms with van der Waals surface area (Å²) in [4.78, 5) is 27.3. The van der Waals surface area contributed by atoms with Crippen molar-refractivity contribution in [2.24, 2.45) is 0 Å². The fourth-order valence-corrected chi connectivity index (χ4v) is 5.69. The summed E-state index contributed by atoms with van der Waals surface area (Å²) in [5.41, 5.74) is 6.66. The van der Waals surface area contributed by atoms with Gasteiger partial charge in [-0.05, 0) is 25.7 Å². The van der Waals surface area contributed by atoms with E-state index in [0.29, 0.717) is 0 Å². The zero-order chi connectivity index (χ0) is 28.8. The zero-order valence-corrected chi connectivity index (χ0v) is 25.5. The molecule has 1 aromatic rings. The molecule has 0 aliphatic carbocycles. The molecule has 0 spiro atoms. The van der Waals surface area contributed by atoms with Crippen LogP contribution in [0.1, 0.15) is 84.8 Å². The van der Waals surface area contributed by atoms with Gasteiger partial charge >= 0.3 is 10.3 Å². The van der Waals surface area contributed by atoms with E-state index in [1.54, 1.807) is 0 Å². The zero-order valence-electron chi connectivity index (χ0n) is 23.1. The number of β-lactam (4-membered cyclic amide) rings is 1.